The number of piperazine rings is 1. The third kappa shape index (κ3) is 4.14. The average molecular weight is 520 g/mol. The molecule has 10 heteroatoms. The maximum absolute atomic E-state index is 13.6. The molecule has 2 atom stereocenters. The van der Waals surface area contributed by atoms with Gasteiger partial charge in [-0.25, -0.2) is 15.0 Å². The predicted octanol–water partition coefficient (Wildman–Crippen LogP) is 4.91. The van der Waals surface area contributed by atoms with Gasteiger partial charge in [-0.2, -0.15) is 13.2 Å². The molecule has 38 heavy (non-hydrogen) atoms. The van der Waals surface area contributed by atoms with Gasteiger partial charge in [-0.05, 0) is 49.4 Å². The van der Waals surface area contributed by atoms with E-state index in [0.717, 1.165) is 38.2 Å². The van der Waals surface area contributed by atoms with Crippen LogP contribution < -0.4 is 4.74 Å². The molecule has 2 fully saturated rings. The molecule has 4 aromatic rings. The van der Waals surface area contributed by atoms with Gasteiger partial charge >= 0.3 is 6.18 Å². The summed E-state index contributed by atoms with van der Waals surface area (Å²) in [6, 6.07) is 14.2. The van der Waals surface area contributed by atoms with Crippen molar-refractivity contribution in [2.45, 2.75) is 24.7 Å². The minimum Gasteiger partial charge on any atom is -0.481 e. The minimum atomic E-state index is -4.61. The fraction of sp³-hybridized carbons (Fsp3) is 0.286. The highest BCUT2D eigenvalue weighted by Gasteiger charge is 2.43. The fourth-order valence-electron chi connectivity index (χ4n) is 5.52. The third-order valence-electron chi connectivity index (χ3n) is 7.48. The van der Waals surface area contributed by atoms with Gasteiger partial charge in [0.1, 0.15) is 11.9 Å². The number of fused-ring (bicyclic) bond motifs is 3. The van der Waals surface area contributed by atoms with Gasteiger partial charge in [-0.15, -0.1) is 0 Å². The summed E-state index contributed by atoms with van der Waals surface area (Å²) in [4.78, 5) is 30.3. The van der Waals surface area contributed by atoms with Crippen molar-refractivity contribution < 1.29 is 22.7 Å². The van der Waals surface area contributed by atoms with E-state index in [1.165, 1.54) is 12.5 Å². The Morgan fingerprint density at radius 3 is 2.53 bits per heavy atom. The number of hydrogen-bond donors (Lipinski definition) is 0. The molecule has 0 spiro atoms. The van der Waals surface area contributed by atoms with Crippen molar-refractivity contribution in [3.63, 3.8) is 0 Å². The first-order valence-corrected chi connectivity index (χ1v) is 12.2. The van der Waals surface area contributed by atoms with Gasteiger partial charge in [-0.1, -0.05) is 18.2 Å². The van der Waals surface area contributed by atoms with Crippen LogP contribution in [0.5, 0.6) is 5.88 Å². The highest BCUT2D eigenvalue weighted by Crippen LogP contribution is 2.38. The van der Waals surface area contributed by atoms with Gasteiger partial charge in [0.15, 0.2) is 0 Å². The Bertz CT molecular complexity index is 1560. The standard InChI is InChI=1S/C28H24F3N5O2/c1-35-13-21-11-20(35)14-36(21)27(37)18-5-3-4-17(8-18)25-22-9-16(6-7-24(22)33-15-34-25)19-10-23(28(29,30)31)26(38-2)32-12-19/h3-10,12,15,20-21H,11,13-14H2,1-2H3. The van der Waals surface area contributed by atoms with Crippen LogP contribution in [-0.2, 0) is 6.18 Å². The Morgan fingerprint density at radius 1 is 0.974 bits per heavy atom. The van der Waals surface area contributed by atoms with Crippen molar-refractivity contribution in [1.29, 1.82) is 0 Å². The van der Waals surface area contributed by atoms with E-state index in [4.69, 9.17) is 4.74 Å². The van der Waals surface area contributed by atoms with Gasteiger partial charge in [0, 0.05) is 53.4 Å². The number of carbonyl (C=O) groups is 1. The lowest BCUT2D eigenvalue weighted by molar-refractivity contribution is -0.139. The second kappa shape index (κ2) is 9.05. The monoisotopic (exact) mass is 519 g/mol. The van der Waals surface area contributed by atoms with Crippen molar-refractivity contribution in [1.82, 2.24) is 24.8 Å². The van der Waals surface area contributed by atoms with Gasteiger partial charge in [-0.3, -0.25) is 9.69 Å². The molecule has 2 aromatic carbocycles. The van der Waals surface area contributed by atoms with Gasteiger partial charge in [0.25, 0.3) is 5.91 Å². The van der Waals surface area contributed by atoms with Crippen molar-refractivity contribution in [3.8, 4) is 28.3 Å². The Morgan fingerprint density at radius 2 is 1.82 bits per heavy atom. The molecule has 0 saturated carbocycles. The van der Waals surface area contributed by atoms with Gasteiger partial charge in [0.2, 0.25) is 5.88 Å². The minimum absolute atomic E-state index is 0.00418. The van der Waals surface area contributed by atoms with Gasteiger partial charge in [0.05, 0.1) is 18.3 Å². The number of hydrogen-bond acceptors (Lipinski definition) is 6. The summed E-state index contributed by atoms with van der Waals surface area (Å²) in [6.45, 7) is 1.60. The van der Waals surface area contributed by atoms with Crippen LogP contribution in [0.2, 0.25) is 0 Å². The summed E-state index contributed by atoms with van der Waals surface area (Å²) in [5, 5.41) is 0.654. The van der Waals surface area contributed by atoms with E-state index in [-0.39, 0.29) is 17.5 Å². The molecule has 1 amide bonds. The van der Waals surface area contributed by atoms with Crippen molar-refractivity contribution in [2.24, 2.45) is 0 Å². The van der Waals surface area contributed by atoms with Crippen molar-refractivity contribution in [3.05, 3.63) is 72.2 Å². The Kier molecular flexibility index (Phi) is 5.79. The largest absolute Gasteiger partial charge is 0.481 e. The zero-order chi connectivity index (χ0) is 26.6. The maximum atomic E-state index is 13.6. The first-order chi connectivity index (χ1) is 18.2. The smallest absolute Gasteiger partial charge is 0.421 e. The Balaban J connectivity index is 1.38. The summed E-state index contributed by atoms with van der Waals surface area (Å²) < 4.78 is 45.6. The number of likely N-dealkylation sites (tertiary alicyclic amines) is 2. The Labute approximate surface area is 216 Å². The van der Waals surface area contributed by atoms with Crippen LogP contribution in [0.4, 0.5) is 13.2 Å². The molecule has 2 aliphatic rings. The van der Waals surface area contributed by atoms with Crippen LogP contribution in [0.25, 0.3) is 33.3 Å². The maximum Gasteiger partial charge on any atom is 0.421 e. The number of nitrogens with zero attached hydrogens (tertiary/aromatic N) is 5. The number of ether oxygens (including phenoxy) is 1. The molecule has 0 radical (unpaired) electrons. The van der Waals surface area contributed by atoms with E-state index >= 15 is 0 Å². The van der Waals surface area contributed by atoms with Crippen molar-refractivity contribution >= 4 is 16.8 Å². The predicted molar refractivity (Wildman–Crippen MR) is 136 cm³/mol. The van der Waals surface area contributed by atoms with E-state index < -0.39 is 17.6 Å². The van der Waals surface area contributed by atoms with E-state index in [1.807, 2.05) is 23.1 Å². The van der Waals surface area contributed by atoms with E-state index in [2.05, 4.69) is 26.9 Å². The summed E-state index contributed by atoms with van der Waals surface area (Å²) in [5.41, 5.74) is 2.39. The molecule has 2 saturated heterocycles. The molecule has 6 rings (SSSR count). The van der Waals surface area contributed by atoms with E-state index in [1.54, 1.807) is 24.3 Å². The number of pyridine rings is 1. The average Bonchev–Trinajstić information content (AvgIpc) is 3.51. The quantitative estimate of drug-likeness (QED) is 0.382. The number of rotatable bonds is 4. The first-order valence-electron chi connectivity index (χ1n) is 12.2. The second-order valence-corrected chi connectivity index (χ2v) is 9.75. The summed E-state index contributed by atoms with van der Waals surface area (Å²) in [7, 11) is 3.25. The Hall–Kier alpha value is -4.05. The van der Waals surface area contributed by atoms with Crippen LogP contribution in [0.15, 0.2) is 61.1 Å². The number of benzene rings is 2. The molecule has 2 aliphatic heterocycles. The van der Waals surface area contributed by atoms with Crippen LogP contribution in [-0.4, -0.2) is 70.0 Å². The first kappa shape index (κ1) is 24.3. The van der Waals surface area contributed by atoms with Crippen LogP contribution in [0, 0.1) is 0 Å². The van der Waals surface area contributed by atoms with Crippen LogP contribution in [0.3, 0.4) is 0 Å². The lowest BCUT2D eigenvalue weighted by Gasteiger charge is -2.32. The summed E-state index contributed by atoms with van der Waals surface area (Å²) >= 11 is 0. The highest BCUT2D eigenvalue weighted by atomic mass is 19.4. The van der Waals surface area contributed by atoms with Crippen LogP contribution >= 0.6 is 0 Å². The molecule has 2 aromatic heterocycles. The van der Waals surface area contributed by atoms with Crippen molar-refractivity contribution in [2.75, 3.05) is 27.2 Å². The highest BCUT2D eigenvalue weighted by molar-refractivity contribution is 5.99. The third-order valence-corrected chi connectivity index (χ3v) is 7.48. The molecule has 7 nitrogen and oxygen atoms in total. The second-order valence-electron chi connectivity index (χ2n) is 9.75. The van der Waals surface area contributed by atoms with E-state index in [0.29, 0.717) is 33.8 Å². The number of methoxy groups -OCH3 is 1. The number of amides is 1. The zero-order valence-electron chi connectivity index (χ0n) is 20.7. The normalized spacial score (nSPS) is 19.3. The molecule has 2 bridgehead atoms. The summed E-state index contributed by atoms with van der Waals surface area (Å²) in [6.07, 6.45) is -0.828. The molecular weight excluding hydrogens is 495 g/mol. The number of carbonyl (C=O) groups excluding carboxylic acids is 1. The number of alkyl halides is 3. The molecular formula is C28H24F3N5O2. The van der Waals surface area contributed by atoms with Crippen LogP contribution in [0.1, 0.15) is 22.3 Å². The van der Waals surface area contributed by atoms with E-state index in [9.17, 15) is 18.0 Å². The number of halogens is 3. The molecule has 4 heterocycles. The molecule has 194 valence electrons. The SMILES string of the molecule is COc1ncc(-c2ccc3ncnc(-c4cccc(C(=O)N5CC6CC5CN6C)c4)c3c2)cc1C(F)(F)F. The molecule has 0 N–H and O–H groups in total. The molecule has 2 unspecified atom stereocenters. The number of aromatic nitrogens is 3. The van der Waals surface area contributed by atoms with Gasteiger partial charge < -0.3 is 9.64 Å². The summed E-state index contributed by atoms with van der Waals surface area (Å²) in [5.74, 6) is -0.485. The number of likely N-dealkylation sites (N-methyl/N-ethyl adjacent to an activating group) is 1. The zero-order valence-corrected chi connectivity index (χ0v) is 20.7. The molecule has 0 aliphatic carbocycles. The fourth-order valence-corrected chi connectivity index (χ4v) is 5.52. The topological polar surface area (TPSA) is 71.4 Å². The lowest BCUT2D eigenvalue weighted by atomic mass is 9.99. The lowest BCUT2D eigenvalue weighted by Crippen LogP contribution is -2.47.